The molecule has 0 spiro atoms. The Labute approximate surface area is 124 Å². The van der Waals surface area contributed by atoms with E-state index in [1.807, 2.05) is 32.0 Å². The number of hydrogen-bond donors (Lipinski definition) is 3. The van der Waals surface area contributed by atoms with Crippen molar-refractivity contribution in [3.63, 3.8) is 0 Å². The summed E-state index contributed by atoms with van der Waals surface area (Å²) in [5, 5.41) is 14.6. The van der Waals surface area contributed by atoms with Gasteiger partial charge >= 0.3 is 12.0 Å². The third kappa shape index (κ3) is 3.97. The average molecular weight is 290 g/mol. The Balaban J connectivity index is 1.88. The van der Waals surface area contributed by atoms with Gasteiger partial charge in [0.15, 0.2) is 0 Å². The molecule has 0 heterocycles. The van der Waals surface area contributed by atoms with Gasteiger partial charge in [-0.1, -0.05) is 24.1 Å². The second-order valence-corrected chi connectivity index (χ2v) is 6.05. The van der Waals surface area contributed by atoms with E-state index in [2.05, 4.69) is 10.6 Å². The quantitative estimate of drug-likeness (QED) is 0.779. The van der Waals surface area contributed by atoms with E-state index in [4.69, 9.17) is 5.11 Å². The average Bonchev–Trinajstić information content (AvgIpc) is 2.35. The van der Waals surface area contributed by atoms with Crippen molar-refractivity contribution in [2.24, 2.45) is 5.41 Å². The number of carbonyl (C=O) groups excluding carboxylic acids is 1. The zero-order valence-corrected chi connectivity index (χ0v) is 12.5. The lowest BCUT2D eigenvalue weighted by molar-refractivity contribution is -0.141. The molecule has 1 aliphatic carbocycles. The summed E-state index contributed by atoms with van der Waals surface area (Å²) in [7, 11) is 0. The van der Waals surface area contributed by atoms with Crippen molar-refractivity contribution in [1.29, 1.82) is 0 Å². The van der Waals surface area contributed by atoms with Crippen LogP contribution < -0.4 is 10.6 Å². The van der Waals surface area contributed by atoms with Gasteiger partial charge in [-0.15, -0.1) is 0 Å². The van der Waals surface area contributed by atoms with Gasteiger partial charge < -0.3 is 15.7 Å². The number of amides is 2. The number of carbonyl (C=O) groups is 2. The summed E-state index contributed by atoms with van der Waals surface area (Å²) in [5.74, 6) is -0.800. The number of anilines is 1. The Bertz CT molecular complexity index is 550. The molecule has 0 unspecified atom stereocenters. The zero-order valence-electron chi connectivity index (χ0n) is 12.5. The van der Waals surface area contributed by atoms with Crippen molar-refractivity contribution >= 4 is 17.7 Å². The summed E-state index contributed by atoms with van der Waals surface area (Å²) in [4.78, 5) is 22.8. The molecule has 0 radical (unpaired) electrons. The molecule has 0 atom stereocenters. The van der Waals surface area contributed by atoms with Crippen molar-refractivity contribution in [3.8, 4) is 0 Å². The zero-order chi connectivity index (χ0) is 15.5. The lowest BCUT2D eigenvalue weighted by Crippen LogP contribution is -2.44. The standard InChI is InChI=1S/C16H22N2O3/c1-11-4-5-13(12(2)8-11)18-15(21)17-10-16(6-3-7-16)9-14(19)20/h4-5,8H,3,6-7,9-10H2,1-2H3,(H,19,20)(H2,17,18,21). The Morgan fingerprint density at radius 1 is 1.29 bits per heavy atom. The number of carboxylic acids is 1. The maximum atomic E-state index is 12.0. The van der Waals surface area contributed by atoms with E-state index in [0.717, 1.165) is 36.1 Å². The van der Waals surface area contributed by atoms with E-state index >= 15 is 0 Å². The van der Waals surface area contributed by atoms with E-state index in [1.165, 1.54) is 0 Å². The Hall–Kier alpha value is -2.04. The number of hydrogen-bond acceptors (Lipinski definition) is 2. The molecule has 2 rings (SSSR count). The molecule has 21 heavy (non-hydrogen) atoms. The van der Waals surface area contributed by atoms with Crippen LogP contribution in [0.25, 0.3) is 0 Å². The normalized spacial score (nSPS) is 15.9. The van der Waals surface area contributed by atoms with Crippen molar-refractivity contribution in [2.45, 2.75) is 39.5 Å². The molecule has 1 aromatic carbocycles. The number of benzene rings is 1. The monoisotopic (exact) mass is 290 g/mol. The number of rotatable bonds is 5. The third-order valence-corrected chi connectivity index (χ3v) is 4.19. The van der Waals surface area contributed by atoms with E-state index in [0.29, 0.717) is 6.54 Å². The van der Waals surface area contributed by atoms with E-state index in [1.54, 1.807) is 0 Å². The first kappa shape index (κ1) is 15.4. The fourth-order valence-electron chi connectivity index (χ4n) is 2.80. The lowest BCUT2D eigenvalue weighted by atomic mass is 9.66. The van der Waals surface area contributed by atoms with Crippen molar-refractivity contribution in [1.82, 2.24) is 5.32 Å². The van der Waals surface area contributed by atoms with Crippen LogP contribution in [0, 0.1) is 19.3 Å². The van der Waals surface area contributed by atoms with Crippen molar-refractivity contribution < 1.29 is 14.7 Å². The highest BCUT2D eigenvalue weighted by Gasteiger charge is 2.39. The molecule has 0 aromatic heterocycles. The summed E-state index contributed by atoms with van der Waals surface area (Å²) in [6.07, 6.45) is 2.89. The molecule has 5 heteroatoms. The van der Waals surface area contributed by atoms with Crippen LogP contribution in [0.3, 0.4) is 0 Å². The molecule has 2 amide bonds. The van der Waals surface area contributed by atoms with Crippen LogP contribution in [-0.2, 0) is 4.79 Å². The molecule has 0 bridgehead atoms. The number of carboxylic acid groups (broad SMARTS) is 1. The highest BCUT2D eigenvalue weighted by Crippen LogP contribution is 2.43. The van der Waals surface area contributed by atoms with Crippen LogP contribution in [0.1, 0.15) is 36.8 Å². The molecular formula is C16H22N2O3. The molecule has 0 saturated heterocycles. The third-order valence-electron chi connectivity index (χ3n) is 4.19. The first-order chi connectivity index (χ1) is 9.90. The minimum Gasteiger partial charge on any atom is -0.481 e. The van der Waals surface area contributed by atoms with Crippen LogP contribution >= 0.6 is 0 Å². The SMILES string of the molecule is Cc1ccc(NC(=O)NCC2(CC(=O)O)CCC2)c(C)c1. The highest BCUT2D eigenvalue weighted by atomic mass is 16.4. The Morgan fingerprint density at radius 2 is 2.00 bits per heavy atom. The molecule has 114 valence electrons. The molecule has 1 aliphatic rings. The largest absolute Gasteiger partial charge is 0.481 e. The van der Waals surface area contributed by atoms with Gasteiger partial charge in [-0.2, -0.15) is 0 Å². The lowest BCUT2D eigenvalue weighted by Gasteiger charge is -2.40. The highest BCUT2D eigenvalue weighted by molar-refractivity contribution is 5.90. The van der Waals surface area contributed by atoms with Gasteiger partial charge in [0.2, 0.25) is 0 Å². The fourth-order valence-corrected chi connectivity index (χ4v) is 2.80. The van der Waals surface area contributed by atoms with Crippen LogP contribution in [-0.4, -0.2) is 23.7 Å². The fraction of sp³-hybridized carbons (Fsp3) is 0.500. The first-order valence-corrected chi connectivity index (χ1v) is 7.24. The summed E-state index contributed by atoms with van der Waals surface area (Å²) in [6, 6.07) is 5.55. The van der Waals surface area contributed by atoms with Crippen molar-refractivity contribution in [3.05, 3.63) is 29.3 Å². The molecule has 1 saturated carbocycles. The molecule has 1 aromatic rings. The first-order valence-electron chi connectivity index (χ1n) is 7.24. The van der Waals surface area contributed by atoms with E-state index in [-0.39, 0.29) is 17.9 Å². The van der Waals surface area contributed by atoms with E-state index in [9.17, 15) is 9.59 Å². The van der Waals surface area contributed by atoms with Crippen LogP contribution in [0.15, 0.2) is 18.2 Å². The minimum absolute atomic E-state index is 0.122. The van der Waals surface area contributed by atoms with Crippen molar-refractivity contribution in [2.75, 3.05) is 11.9 Å². The predicted octanol–water partition coefficient (Wildman–Crippen LogP) is 3.07. The van der Waals surface area contributed by atoms with Crippen LogP contribution in [0.2, 0.25) is 0 Å². The van der Waals surface area contributed by atoms with Crippen LogP contribution in [0.4, 0.5) is 10.5 Å². The van der Waals surface area contributed by atoms with Gasteiger partial charge in [0, 0.05) is 12.2 Å². The topological polar surface area (TPSA) is 78.4 Å². The maximum absolute atomic E-state index is 12.0. The summed E-state index contributed by atoms with van der Waals surface area (Å²) < 4.78 is 0. The molecule has 1 fully saturated rings. The second kappa shape index (κ2) is 6.16. The summed E-state index contributed by atoms with van der Waals surface area (Å²) in [5.41, 5.74) is 2.67. The van der Waals surface area contributed by atoms with Gasteiger partial charge in [-0.3, -0.25) is 4.79 Å². The number of aryl methyl sites for hydroxylation is 2. The summed E-state index contributed by atoms with van der Waals surface area (Å²) in [6.45, 7) is 4.36. The van der Waals surface area contributed by atoms with Gasteiger partial charge in [0.1, 0.15) is 0 Å². The molecule has 5 nitrogen and oxygen atoms in total. The Kier molecular flexibility index (Phi) is 4.50. The number of aliphatic carboxylic acids is 1. The van der Waals surface area contributed by atoms with E-state index < -0.39 is 5.97 Å². The smallest absolute Gasteiger partial charge is 0.319 e. The van der Waals surface area contributed by atoms with Gasteiger partial charge in [0.05, 0.1) is 6.42 Å². The predicted molar refractivity (Wildman–Crippen MR) is 81.5 cm³/mol. The number of nitrogens with one attached hydrogen (secondary N) is 2. The van der Waals surface area contributed by atoms with Gasteiger partial charge in [0.25, 0.3) is 0 Å². The second-order valence-electron chi connectivity index (χ2n) is 6.05. The number of urea groups is 1. The molecule has 3 N–H and O–H groups in total. The molecular weight excluding hydrogens is 268 g/mol. The van der Waals surface area contributed by atoms with Gasteiger partial charge in [-0.25, -0.2) is 4.79 Å². The minimum atomic E-state index is -0.800. The van der Waals surface area contributed by atoms with Gasteiger partial charge in [-0.05, 0) is 43.7 Å². The molecule has 0 aliphatic heterocycles. The Morgan fingerprint density at radius 3 is 2.52 bits per heavy atom. The van der Waals surface area contributed by atoms with Crippen LogP contribution in [0.5, 0.6) is 0 Å². The summed E-state index contributed by atoms with van der Waals surface area (Å²) >= 11 is 0. The maximum Gasteiger partial charge on any atom is 0.319 e.